The van der Waals surface area contributed by atoms with Gasteiger partial charge < -0.3 is 0 Å². The average Bonchev–Trinajstić information content (AvgIpc) is 2.59. The Morgan fingerprint density at radius 3 is 2.27 bits per heavy atom. The Morgan fingerprint density at radius 2 is 1.45 bits per heavy atom. The Kier molecular flexibility index (Phi) is 3.53. The molecule has 3 aromatic carbocycles. The van der Waals surface area contributed by atoms with Gasteiger partial charge in [-0.25, -0.2) is 0 Å². The summed E-state index contributed by atoms with van der Waals surface area (Å²) in [5.41, 5.74) is 2.99. The number of rotatable bonds is 2. The lowest BCUT2D eigenvalue weighted by molar-refractivity contribution is 0.112. The van der Waals surface area contributed by atoms with Crippen LogP contribution < -0.4 is 0 Å². The molecule has 0 aliphatic carbocycles. The number of fused-ring (bicyclic) bond motifs is 2. The molecule has 0 unspecified atom stereocenters. The largest absolute Gasteiger partial charge is 0.298 e. The fourth-order valence-electron chi connectivity index (χ4n) is 2.56. The number of carbonyl (C=O) groups is 1. The van der Waals surface area contributed by atoms with Gasteiger partial charge in [-0.2, -0.15) is 0 Å². The lowest BCUT2D eigenvalue weighted by Crippen LogP contribution is -1.92. The van der Waals surface area contributed by atoms with Crippen LogP contribution in [0.5, 0.6) is 0 Å². The van der Waals surface area contributed by atoms with Crippen molar-refractivity contribution in [1.82, 2.24) is 0 Å². The van der Waals surface area contributed by atoms with Crippen LogP contribution in [-0.2, 0) is 0 Å². The molecule has 3 aromatic rings. The van der Waals surface area contributed by atoms with Gasteiger partial charge in [0.05, 0.1) is 0 Å². The molecule has 0 saturated carbocycles. The highest BCUT2D eigenvalue weighted by molar-refractivity contribution is 8.05. The zero-order chi connectivity index (χ0) is 14.9. The van der Waals surface area contributed by atoms with Crippen molar-refractivity contribution < 1.29 is 4.79 Å². The van der Waals surface area contributed by atoms with Crippen LogP contribution in [0.4, 0.5) is 0 Å². The van der Waals surface area contributed by atoms with Gasteiger partial charge in [-0.1, -0.05) is 66.0 Å². The summed E-state index contributed by atoms with van der Waals surface area (Å²) in [6.07, 6.45) is 0.899. The molecule has 0 spiro atoms. The second-order valence-corrected chi connectivity index (χ2v) is 7.16. The number of carbonyl (C=O) groups excluding carboxylic acids is 1. The van der Waals surface area contributed by atoms with Crippen LogP contribution in [-0.4, -0.2) is 6.29 Å². The van der Waals surface area contributed by atoms with Crippen molar-refractivity contribution in [3.63, 3.8) is 0 Å². The highest BCUT2D eigenvalue weighted by atomic mass is 32.2. The third-order valence-corrected chi connectivity index (χ3v) is 6.21. The standard InChI is InChI=1S/C19H12OS2/c20-12-13-5-3-6-14(11-13)15-7-4-10-18-19(15)22-17-9-2-1-8-16(17)21-18/h1-12H. The van der Waals surface area contributed by atoms with Gasteiger partial charge in [-0.05, 0) is 35.4 Å². The molecule has 0 aromatic heterocycles. The van der Waals surface area contributed by atoms with Crippen LogP contribution in [0.25, 0.3) is 11.1 Å². The Morgan fingerprint density at radius 1 is 0.727 bits per heavy atom. The van der Waals surface area contributed by atoms with Crippen molar-refractivity contribution in [2.45, 2.75) is 19.6 Å². The minimum Gasteiger partial charge on any atom is -0.298 e. The third kappa shape index (κ3) is 2.36. The van der Waals surface area contributed by atoms with E-state index in [-0.39, 0.29) is 0 Å². The minimum absolute atomic E-state index is 0.712. The molecule has 1 nitrogen and oxygen atoms in total. The smallest absolute Gasteiger partial charge is 0.150 e. The Bertz CT molecular complexity index is 871. The van der Waals surface area contributed by atoms with Crippen molar-refractivity contribution in [1.29, 1.82) is 0 Å². The fourth-order valence-corrected chi connectivity index (χ4v) is 4.96. The van der Waals surface area contributed by atoms with Crippen molar-refractivity contribution in [3.05, 3.63) is 72.3 Å². The number of hydrogen-bond acceptors (Lipinski definition) is 3. The van der Waals surface area contributed by atoms with Crippen LogP contribution >= 0.6 is 23.5 Å². The summed E-state index contributed by atoms with van der Waals surface area (Å²) in [5, 5.41) is 0. The molecular weight excluding hydrogens is 308 g/mol. The topological polar surface area (TPSA) is 17.1 Å². The minimum atomic E-state index is 0.712. The Balaban J connectivity index is 1.85. The maximum Gasteiger partial charge on any atom is 0.150 e. The van der Waals surface area contributed by atoms with E-state index >= 15 is 0 Å². The first-order valence-corrected chi connectivity index (χ1v) is 8.62. The second kappa shape index (κ2) is 5.67. The van der Waals surface area contributed by atoms with Crippen molar-refractivity contribution in [2.24, 2.45) is 0 Å². The van der Waals surface area contributed by atoms with Gasteiger partial charge in [0.2, 0.25) is 0 Å². The fraction of sp³-hybridized carbons (Fsp3) is 0. The number of hydrogen-bond donors (Lipinski definition) is 0. The number of aldehydes is 1. The van der Waals surface area contributed by atoms with E-state index in [1.54, 1.807) is 0 Å². The molecule has 0 bridgehead atoms. The monoisotopic (exact) mass is 320 g/mol. The lowest BCUT2D eigenvalue weighted by Gasteiger charge is -2.21. The molecule has 3 heteroatoms. The van der Waals surface area contributed by atoms with Crippen LogP contribution in [0.2, 0.25) is 0 Å². The van der Waals surface area contributed by atoms with Crippen molar-refractivity contribution >= 4 is 29.8 Å². The molecule has 4 rings (SSSR count). The molecule has 0 atom stereocenters. The van der Waals surface area contributed by atoms with Gasteiger partial charge in [-0.3, -0.25) is 4.79 Å². The molecule has 0 amide bonds. The molecule has 22 heavy (non-hydrogen) atoms. The average molecular weight is 320 g/mol. The first-order chi connectivity index (χ1) is 10.8. The van der Waals surface area contributed by atoms with E-state index < -0.39 is 0 Å². The quantitative estimate of drug-likeness (QED) is 0.436. The van der Waals surface area contributed by atoms with E-state index in [1.165, 1.54) is 25.1 Å². The first-order valence-electron chi connectivity index (χ1n) is 6.98. The molecule has 0 N–H and O–H groups in total. The molecular formula is C19H12OS2. The van der Waals surface area contributed by atoms with Crippen LogP contribution in [0, 0.1) is 0 Å². The summed E-state index contributed by atoms with van der Waals surface area (Å²) < 4.78 is 0. The molecule has 1 aliphatic rings. The predicted octanol–water partition coefficient (Wildman–Crippen LogP) is 5.78. The van der Waals surface area contributed by atoms with Gasteiger partial charge >= 0.3 is 0 Å². The summed E-state index contributed by atoms with van der Waals surface area (Å²) in [6.45, 7) is 0. The zero-order valence-electron chi connectivity index (χ0n) is 11.7. The van der Waals surface area contributed by atoms with E-state index in [0.29, 0.717) is 5.56 Å². The molecule has 0 fully saturated rings. The van der Waals surface area contributed by atoms with E-state index in [2.05, 4.69) is 48.5 Å². The van der Waals surface area contributed by atoms with E-state index in [1.807, 2.05) is 41.7 Å². The Hall–Kier alpha value is -1.97. The molecule has 1 heterocycles. The highest BCUT2D eigenvalue weighted by Gasteiger charge is 2.19. The van der Waals surface area contributed by atoms with Gasteiger partial charge in [0.25, 0.3) is 0 Å². The zero-order valence-corrected chi connectivity index (χ0v) is 13.3. The molecule has 0 radical (unpaired) electrons. The number of benzene rings is 3. The SMILES string of the molecule is O=Cc1cccc(-c2cccc3c2Sc2ccccc2S3)c1. The van der Waals surface area contributed by atoms with Crippen molar-refractivity contribution in [2.75, 3.05) is 0 Å². The summed E-state index contributed by atoms with van der Waals surface area (Å²) in [5.74, 6) is 0. The molecule has 0 saturated heterocycles. The van der Waals surface area contributed by atoms with Gasteiger partial charge in [-0.15, -0.1) is 0 Å². The van der Waals surface area contributed by atoms with E-state index in [4.69, 9.17) is 0 Å². The summed E-state index contributed by atoms with van der Waals surface area (Å²) >= 11 is 3.62. The van der Waals surface area contributed by atoms with E-state index in [9.17, 15) is 4.79 Å². The lowest BCUT2D eigenvalue weighted by atomic mass is 10.0. The first kappa shape index (κ1) is 13.7. The van der Waals surface area contributed by atoms with Crippen molar-refractivity contribution in [3.8, 4) is 11.1 Å². The summed E-state index contributed by atoms with van der Waals surface area (Å²) in [7, 11) is 0. The van der Waals surface area contributed by atoms with Gasteiger partial charge in [0.1, 0.15) is 6.29 Å². The summed E-state index contributed by atoms with van der Waals surface area (Å²) in [4.78, 5) is 16.2. The summed E-state index contributed by atoms with van der Waals surface area (Å²) in [6, 6.07) is 22.6. The van der Waals surface area contributed by atoms with Gasteiger partial charge in [0.15, 0.2) is 0 Å². The highest BCUT2D eigenvalue weighted by Crippen LogP contribution is 2.51. The van der Waals surface area contributed by atoms with Crippen LogP contribution in [0.15, 0.2) is 86.3 Å². The van der Waals surface area contributed by atoms with Crippen LogP contribution in [0.1, 0.15) is 10.4 Å². The normalized spacial score (nSPS) is 12.4. The third-order valence-electron chi connectivity index (χ3n) is 3.59. The van der Waals surface area contributed by atoms with E-state index in [0.717, 1.165) is 11.8 Å². The van der Waals surface area contributed by atoms with Crippen LogP contribution in [0.3, 0.4) is 0 Å². The predicted molar refractivity (Wildman–Crippen MR) is 92.0 cm³/mol. The molecule has 1 aliphatic heterocycles. The molecule has 106 valence electrons. The van der Waals surface area contributed by atoms with Gasteiger partial charge in [0, 0.05) is 25.1 Å². The maximum absolute atomic E-state index is 11.0. The maximum atomic E-state index is 11.0. The second-order valence-electron chi connectivity index (χ2n) is 5.03. The Labute approximate surface area is 137 Å².